The lowest BCUT2D eigenvalue weighted by atomic mass is 9.88. The van der Waals surface area contributed by atoms with Gasteiger partial charge in [-0.1, -0.05) is 0 Å². The normalized spacial score (nSPS) is 25.9. The van der Waals surface area contributed by atoms with Crippen molar-refractivity contribution in [3.63, 3.8) is 0 Å². The first kappa shape index (κ1) is 26.3. The fourth-order valence-corrected chi connectivity index (χ4v) is 3.65. The van der Waals surface area contributed by atoms with E-state index < -0.39 is 97.8 Å². The van der Waals surface area contributed by atoms with Crippen LogP contribution < -0.4 is 5.32 Å². The molecule has 1 N–H and O–H groups in total. The van der Waals surface area contributed by atoms with Crippen LogP contribution in [0.15, 0.2) is 0 Å². The topological polar surface area (TPSA) is 196 Å². The summed E-state index contributed by atoms with van der Waals surface area (Å²) < 4.78 is 58.5. The first-order valence-corrected chi connectivity index (χ1v) is 10.7. The van der Waals surface area contributed by atoms with Crippen LogP contribution in [0.3, 0.4) is 0 Å². The molecular weight excluding hydrogens is 502 g/mol. The van der Waals surface area contributed by atoms with Gasteiger partial charge in [-0.15, -0.1) is 0 Å². The van der Waals surface area contributed by atoms with Crippen molar-refractivity contribution in [2.75, 3.05) is 13.7 Å². The monoisotopic (exact) mass is 536 g/mol. The van der Waals surface area contributed by atoms with Crippen LogP contribution in [0.4, 0.5) is 0 Å². The molecule has 4 unspecified atom stereocenters. The van der Waals surface area contributed by atoms with Crippen LogP contribution >= 0.6 is 0 Å². The zero-order chi connectivity index (χ0) is 31.0. The van der Waals surface area contributed by atoms with Gasteiger partial charge in [0.15, 0.2) is 12.2 Å². The quantitative estimate of drug-likeness (QED) is 0.265. The van der Waals surface area contributed by atoms with Crippen molar-refractivity contribution in [2.45, 2.75) is 84.1 Å². The molecule has 1 heterocycles. The highest BCUT2D eigenvalue weighted by Crippen LogP contribution is 2.37. The molecule has 6 atom stereocenters. The molecule has 1 fully saturated rings. The Balaban J connectivity index is 3.94. The third kappa shape index (κ3) is 9.33. The summed E-state index contributed by atoms with van der Waals surface area (Å²) in [5.74, 6) is -10.5. The Morgan fingerprint density at radius 1 is 0.946 bits per heavy atom. The number of hydrogen-bond donors (Lipinski definition) is 1. The van der Waals surface area contributed by atoms with Crippen LogP contribution in [0.1, 0.15) is 52.0 Å². The fourth-order valence-electron chi connectivity index (χ4n) is 3.65. The highest BCUT2D eigenvalue weighted by molar-refractivity contribution is 5.82. The maximum atomic E-state index is 12.9. The summed E-state index contributed by atoms with van der Waals surface area (Å²) >= 11 is 0. The number of carbonyl (C=O) groups excluding carboxylic acids is 7. The van der Waals surface area contributed by atoms with Crippen LogP contribution in [-0.4, -0.2) is 91.7 Å². The molecule has 15 heteroatoms. The van der Waals surface area contributed by atoms with Crippen LogP contribution in [0, 0.1) is 0 Å². The summed E-state index contributed by atoms with van der Waals surface area (Å²) in [6, 6.07) is -1.75. The smallest absolute Gasteiger partial charge is 0.379 e. The Labute approximate surface area is 216 Å². The molecule has 0 saturated carbocycles. The van der Waals surface area contributed by atoms with Gasteiger partial charge in [0, 0.05) is 45.6 Å². The summed E-state index contributed by atoms with van der Waals surface area (Å²) in [6.07, 6.45) is -8.08. The molecule has 0 spiro atoms. The number of hydrogen-bond acceptors (Lipinski definition) is 14. The Morgan fingerprint density at radius 2 is 1.57 bits per heavy atom. The molecule has 1 saturated heterocycles. The molecule has 0 aliphatic carbocycles. The number of nitrogens with one attached hydrogen (secondary N) is 1. The maximum absolute atomic E-state index is 12.9. The Kier molecular flexibility index (Phi) is 9.62. The minimum atomic E-state index is -3.25. The molecule has 15 nitrogen and oxygen atoms in total. The van der Waals surface area contributed by atoms with Crippen molar-refractivity contribution >= 4 is 41.7 Å². The molecule has 37 heavy (non-hydrogen) atoms. The minimum absolute atomic E-state index is 0.760. The Morgan fingerprint density at radius 3 is 2.03 bits per heavy atom. The first-order valence-electron chi connectivity index (χ1n) is 12.2. The van der Waals surface area contributed by atoms with Gasteiger partial charge in [0.25, 0.3) is 0 Å². The zero-order valence-corrected chi connectivity index (χ0v) is 21.0. The van der Waals surface area contributed by atoms with E-state index in [-0.39, 0.29) is 0 Å². The molecule has 1 aliphatic heterocycles. The van der Waals surface area contributed by atoms with Gasteiger partial charge in [0.1, 0.15) is 18.8 Å². The largest absolute Gasteiger partial charge is 0.464 e. The molecule has 0 aromatic rings. The van der Waals surface area contributed by atoms with Crippen LogP contribution in [0.2, 0.25) is 0 Å². The van der Waals surface area contributed by atoms with E-state index >= 15 is 0 Å². The highest BCUT2D eigenvalue weighted by Gasteiger charge is 2.60. The lowest BCUT2D eigenvalue weighted by Gasteiger charge is -2.48. The lowest BCUT2D eigenvalue weighted by molar-refractivity contribution is -0.304. The predicted molar refractivity (Wildman–Crippen MR) is 117 cm³/mol. The second kappa shape index (κ2) is 13.5. The van der Waals surface area contributed by atoms with Crippen molar-refractivity contribution in [2.24, 2.45) is 0 Å². The van der Waals surface area contributed by atoms with E-state index in [1.807, 2.05) is 0 Å². The van der Waals surface area contributed by atoms with Crippen molar-refractivity contribution in [1.82, 2.24) is 5.32 Å². The average Bonchev–Trinajstić information content (AvgIpc) is 2.79. The molecule has 1 rings (SSSR count). The first-order chi connectivity index (χ1) is 18.3. The minimum Gasteiger partial charge on any atom is -0.464 e. The molecule has 0 bridgehead atoms. The standard InChI is InChI=1S/C22H31NO14/c1-10(24)23-18-16(33-12(3)26)8-22(21(30)31-7,36-15(6)29)37-20(18)19(35-14(5)28)17(34-13(4)27)9-32-11(2)25/h16-20H,8-9H2,1-7H3,(H,23,24)/t16?,17-,18?,19-,20?,22?/m0/s1/i1D3. The summed E-state index contributed by atoms with van der Waals surface area (Å²) in [6.45, 7) is 0.739. The van der Waals surface area contributed by atoms with Gasteiger partial charge < -0.3 is 38.5 Å². The molecular formula is C22H31NO14. The maximum Gasteiger partial charge on any atom is 0.379 e. The van der Waals surface area contributed by atoms with Gasteiger partial charge >= 0.3 is 41.6 Å². The number of esters is 6. The number of amides is 1. The summed E-state index contributed by atoms with van der Waals surface area (Å²) in [5, 5.41) is 2.10. The van der Waals surface area contributed by atoms with E-state index in [9.17, 15) is 33.6 Å². The van der Waals surface area contributed by atoms with Gasteiger partial charge in [-0.2, -0.15) is 0 Å². The van der Waals surface area contributed by atoms with Crippen LogP contribution in [0.5, 0.6) is 0 Å². The molecule has 1 aliphatic rings. The highest BCUT2D eigenvalue weighted by atomic mass is 16.8. The van der Waals surface area contributed by atoms with E-state index in [1.165, 1.54) is 0 Å². The predicted octanol–water partition coefficient (Wildman–Crippen LogP) is -0.929. The summed E-state index contributed by atoms with van der Waals surface area (Å²) in [4.78, 5) is 85.0. The van der Waals surface area contributed by atoms with E-state index in [1.54, 1.807) is 0 Å². The summed E-state index contributed by atoms with van der Waals surface area (Å²) in [7, 11) is 0.904. The van der Waals surface area contributed by atoms with Crippen molar-refractivity contribution in [3.05, 3.63) is 0 Å². The molecule has 1 amide bonds. The number of ether oxygens (including phenoxy) is 7. The Bertz CT molecular complexity index is 1020. The molecule has 208 valence electrons. The van der Waals surface area contributed by atoms with Crippen molar-refractivity contribution in [1.29, 1.82) is 0 Å². The van der Waals surface area contributed by atoms with Gasteiger partial charge in [-0.3, -0.25) is 28.8 Å². The molecule has 0 aromatic heterocycles. The number of methoxy groups -OCH3 is 1. The van der Waals surface area contributed by atoms with E-state index in [0.29, 0.717) is 0 Å². The van der Waals surface area contributed by atoms with Crippen LogP contribution in [0.25, 0.3) is 0 Å². The third-order valence-electron chi connectivity index (χ3n) is 4.73. The second-order valence-corrected chi connectivity index (χ2v) is 7.80. The van der Waals surface area contributed by atoms with Crippen LogP contribution in [-0.2, 0) is 66.7 Å². The van der Waals surface area contributed by atoms with Gasteiger partial charge in [0.2, 0.25) is 5.91 Å². The van der Waals surface area contributed by atoms with E-state index in [4.69, 9.17) is 37.3 Å². The van der Waals surface area contributed by atoms with E-state index in [2.05, 4.69) is 5.32 Å². The number of carbonyl (C=O) groups is 7. The van der Waals surface area contributed by atoms with Crippen molar-refractivity contribution < 1.29 is 70.8 Å². The van der Waals surface area contributed by atoms with Gasteiger partial charge in [-0.05, 0) is 0 Å². The lowest BCUT2D eigenvalue weighted by Crippen LogP contribution is -2.69. The second-order valence-electron chi connectivity index (χ2n) is 7.80. The number of rotatable bonds is 10. The SMILES string of the molecule is [2H]C([2H])([2H])C(=O)NC1C(OC(C)=O)CC(OC(C)=O)(C(=O)OC)OC1[C@@H](OC(C)=O)[C@H](COC(C)=O)OC(C)=O. The summed E-state index contributed by atoms with van der Waals surface area (Å²) in [5.41, 5.74) is 0. The molecule has 0 aromatic carbocycles. The van der Waals surface area contributed by atoms with Gasteiger partial charge in [0.05, 0.1) is 19.6 Å². The van der Waals surface area contributed by atoms with Gasteiger partial charge in [-0.25, -0.2) is 4.79 Å². The van der Waals surface area contributed by atoms with Crippen molar-refractivity contribution in [3.8, 4) is 0 Å². The fraction of sp³-hybridized carbons (Fsp3) is 0.682. The van der Waals surface area contributed by atoms with E-state index in [0.717, 1.165) is 41.7 Å². The zero-order valence-electron chi connectivity index (χ0n) is 24.0. The average molecular weight is 537 g/mol. The third-order valence-corrected chi connectivity index (χ3v) is 4.73. The molecule has 0 radical (unpaired) electrons. The Hall–Kier alpha value is -3.75.